The summed E-state index contributed by atoms with van der Waals surface area (Å²) in [6, 6.07) is 3.39. The van der Waals surface area contributed by atoms with Crippen LogP contribution in [0.25, 0.3) is 0 Å². The molecule has 1 saturated heterocycles. The van der Waals surface area contributed by atoms with Gasteiger partial charge in [0.2, 0.25) is 11.8 Å². The lowest BCUT2D eigenvalue weighted by Gasteiger charge is -2.36. The van der Waals surface area contributed by atoms with Crippen molar-refractivity contribution in [2.75, 3.05) is 6.54 Å². The van der Waals surface area contributed by atoms with E-state index in [1.807, 2.05) is 19.9 Å². The highest BCUT2D eigenvalue weighted by Crippen LogP contribution is 2.19. The summed E-state index contributed by atoms with van der Waals surface area (Å²) in [4.78, 5) is 54.0. The molecule has 0 spiro atoms. The lowest BCUT2D eigenvalue weighted by molar-refractivity contribution is -0.156. The maximum absolute atomic E-state index is 14.0. The molecule has 12 heteroatoms. The summed E-state index contributed by atoms with van der Waals surface area (Å²) in [5.74, 6) is -3.28. The van der Waals surface area contributed by atoms with Gasteiger partial charge in [-0.2, -0.15) is 0 Å². The highest BCUT2D eigenvalue weighted by atomic mass is 16.5. The molecule has 0 radical (unpaired) electrons. The van der Waals surface area contributed by atoms with E-state index in [-0.39, 0.29) is 31.1 Å². The molecule has 1 aromatic rings. The summed E-state index contributed by atoms with van der Waals surface area (Å²) in [5, 5.41) is 38.2. The third-order valence-electron chi connectivity index (χ3n) is 8.63. The molecule has 0 aliphatic carbocycles. The van der Waals surface area contributed by atoms with Gasteiger partial charge in [0.25, 0.3) is 5.91 Å². The number of nitrogens with zero attached hydrogens (tertiary/aromatic N) is 1. The van der Waals surface area contributed by atoms with E-state index in [9.17, 15) is 34.5 Å². The second-order valence-electron chi connectivity index (χ2n) is 12.7. The van der Waals surface area contributed by atoms with Crippen LogP contribution >= 0.6 is 0 Å². The molecule has 1 fully saturated rings. The Morgan fingerprint density at radius 2 is 1.87 bits per heavy atom. The van der Waals surface area contributed by atoms with Crippen LogP contribution in [0.1, 0.15) is 65.9 Å². The molecule has 12 nitrogen and oxygen atoms in total. The molecule has 1 unspecified atom stereocenters. The van der Waals surface area contributed by atoms with Crippen molar-refractivity contribution in [2.24, 2.45) is 11.8 Å². The number of cyclic esters (lactones) is 1. The van der Waals surface area contributed by atoms with E-state index in [4.69, 9.17) is 4.74 Å². The van der Waals surface area contributed by atoms with E-state index < -0.39 is 66.0 Å². The van der Waals surface area contributed by atoms with Crippen molar-refractivity contribution in [3.8, 4) is 5.75 Å². The minimum atomic E-state index is -1.20. The predicted molar refractivity (Wildman–Crippen MR) is 176 cm³/mol. The van der Waals surface area contributed by atoms with Crippen molar-refractivity contribution >= 4 is 23.7 Å². The van der Waals surface area contributed by atoms with Crippen LogP contribution < -0.4 is 16.1 Å². The van der Waals surface area contributed by atoms with Gasteiger partial charge in [-0.25, -0.2) is 5.43 Å². The van der Waals surface area contributed by atoms with E-state index in [0.29, 0.717) is 24.8 Å². The van der Waals surface area contributed by atoms with Crippen LogP contribution in [0.4, 0.5) is 0 Å². The molecule has 2 aliphatic heterocycles. The second-order valence-corrected chi connectivity index (χ2v) is 12.7. The number of fused-ring (bicyclic) bond motifs is 2. The van der Waals surface area contributed by atoms with Crippen molar-refractivity contribution in [3.63, 3.8) is 0 Å². The number of carbonyl (C=O) groups is 4. The molecule has 2 aliphatic rings. The third-order valence-corrected chi connectivity index (χ3v) is 8.63. The molecule has 2 heterocycles. The fourth-order valence-electron chi connectivity index (χ4n) is 5.42. The van der Waals surface area contributed by atoms with Gasteiger partial charge in [0.15, 0.2) is 0 Å². The monoisotopic (exact) mass is 654 g/mol. The fraction of sp³-hybridized carbons (Fsp3) is 0.543. The Labute approximate surface area is 276 Å². The Balaban J connectivity index is 1.97. The zero-order valence-corrected chi connectivity index (χ0v) is 27.9. The van der Waals surface area contributed by atoms with Gasteiger partial charge in [-0.3, -0.25) is 24.2 Å². The number of esters is 1. The smallest absolute Gasteiger partial charge is 0.325 e. The van der Waals surface area contributed by atoms with Gasteiger partial charge in [-0.05, 0) is 55.9 Å². The largest absolute Gasteiger partial charge is 0.508 e. The first-order chi connectivity index (χ1) is 22.3. The lowest BCUT2D eigenvalue weighted by Crippen LogP contribution is -2.62. The number of benzene rings is 1. The number of aromatic hydroxyl groups is 1. The summed E-state index contributed by atoms with van der Waals surface area (Å²) in [5.41, 5.74) is 4.43. The Kier molecular flexibility index (Phi) is 14.2. The Morgan fingerprint density at radius 3 is 2.55 bits per heavy atom. The van der Waals surface area contributed by atoms with Crippen LogP contribution in [0.3, 0.4) is 0 Å². The minimum absolute atomic E-state index is 0.000121. The van der Waals surface area contributed by atoms with E-state index in [1.54, 1.807) is 51.1 Å². The van der Waals surface area contributed by atoms with Crippen molar-refractivity contribution in [1.82, 2.24) is 21.1 Å². The van der Waals surface area contributed by atoms with Crippen molar-refractivity contribution in [3.05, 3.63) is 65.8 Å². The molecular weight excluding hydrogens is 604 g/mol. The van der Waals surface area contributed by atoms with Crippen molar-refractivity contribution < 1.29 is 39.2 Å². The van der Waals surface area contributed by atoms with Gasteiger partial charge in [0, 0.05) is 25.3 Å². The molecule has 3 amide bonds. The number of ether oxygens (including phenoxy) is 1. The lowest BCUT2D eigenvalue weighted by atomic mass is 9.94. The standard InChI is InChI=1S/C35H50N4O8/c1-6-22(4)30-16-9-7-8-15-28(41)23(5)29(42)20-31(43)37-32(21(2)3)33(44)36-27(19-24-12-10-13-25(40)18-24)34(45)39-17-11-14-26(38-39)35(46)47-30/h6-10,12-13,15,18,21,23,26-30,32,38,40-42H,11,14,16-17,19-20H2,1-5H3,(H,36,44)(H,37,43)/b9-7+,15-8+,22-6+/t23?,26-,27-,28+,29-,30-,32-/m0/s1. The minimum Gasteiger partial charge on any atom is -0.508 e. The number of allylic oxidation sites excluding steroid dienone is 3. The molecule has 1 aromatic carbocycles. The fourth-order valence-corrected chi connectivity index (χ4v) is 5.42. The van der Waals surface area contributed by atoms with E-state index in [0.717, 1.165) is 5.57 Å². The van der Waals surface area contributed by atoms with Crippen LogP contribution in [0.2, 0.25) is 0 Å². The topological polar surface area (TPSA) is 178 Å². The number of carbonyl (C=O) groups excluding carboxylic acids is 4. The van der Waals surface area contributed by atoms with Gasteiger partial charge in [-0.1, -0.05) is 63.3 Å². The second kappa shape index (κ2) is 17.8. The molecule has 0 saturated carbocycles. The number of rotatable bonds is 4. The first-order valence-corrected chi connectivity index (χ1v) is 16.3. The van der Waals surface area contributed by atoms with Gasteiger partial charge >= 0.3 is 5.97 Å². The number of nitrogens with one attached hydrogen (secondary N) is 3. The summed E-state index contributed by atoms with van der Waals surface area (Å²) in [6.45, 7) is 9.09. The number of hydrazine groups is 1. The molecule has 258 valence electrons. The number of aliphatic hydroxyl groups is 2. The van der Waals surface area contributed by atoms with Gasteiger partial charge < -0.3 is 30.7 Å². The maximum atomic E-state index is 14.0. The number of phenolic OH excluding ortho intramolecular Hbond substituents is 1. The molecule has 0 aromatic heterocycles. The quantitative estimate of drug-likeness (QED) is 0.210. The number of aliphatic hydroxyl groups excluding tert-OH is 2. The molecule has 47 heavy (non-hydrogen) atoms. The Hall–Kier alpha value is -4.00. The average molecular weight is 655 g/mol. The summed E-state index contributed by atoms with van der Waals surface area (Å²) >= 11 is 0. The normalized spacial score (nSPS) is 30.8. The molecule has 6 N–H and O–H groups in total. The Bertz CT molecular complexity index is 1340. The van der Waals surface area contributed by atoms with Crippen LogP contribution in [-0.4, -0.2) is 87.0 Å². The average Bonchev–Trinajstić information content (AvgIpc) is 3.04. The molecular formula is C35H50N4O8. The van der Waals surface area contributed by atoms with Gasteiger partial charge in [-0.15, -0.1) is 0 Å². The summed E-state index contributed by atoms with van der Waals surface area (Å²) in [6.07, 6.45) is 6.69. The first-order valence-electron chi connectivity index (χ1n) is 16.3. The maximum Gasteiger partial charge on any atom is 0.325 e. The zero-order valence-electron chi connectivity index (χ0n) is 27.9. The van der Waals surface area contributed by atoms with Gasteiger partial charge in [0.1, 0.15) is 30.0 Å². The van der Waals surface area contributed by atoms with Crippen LogP contribution in [0.5, 0.6) is 5.75 Å². The summed E-state index contributed by atoms with van der Waals surface area (Å²) < 4.78 is 5.89. The number of amides is 3. The van der Waals surface area contributed by atoms with Crippen LogP contribution in [-0.2, 0) is 30.3 Å². The van der Waals surface area contributed by atoms with Crippen molar-refractivity contribution in [2.45, 2.75) is 103 Å². The molecule has 7 atom stereocenters. The highest BCUT2D eigenvalue weighted by Gasteiger charge is 2.36. The van der Waals surface area contributed by atoms with E-state index >= 15 is 0 Å². The van der Waals surface area contributed by atoms with E-state index in [2.05, 4.69) is 16.1 Å². The molecule has 2 bridgehead atoms. The van der Waals surface area contributed by atoms with Crippen LogP contribution in [0, 0.1) is 11.8 Å². The Morgan fingerprint density at radius 1 is 1.13 bits per heavy atom. The number of hydrogen-bond donors (Lipinski definition) is 6. The highest BCUT2D eigenvalue weighted by molar-refractivity contribution is 5.92. The SMILES string of the molecule is C/C=C(\C)[C@@H]1C/C=C/C=C/[C@@H](O)C(C)[C@@H](O)CC(=O)N[C@@H](C(C)C)C(=O)N[C@@H](Cc2cccc(O)c2)C(=O)N2CCC[C@H](N2)C(=O)O1. The van der Waals surface area contributed by atoms with E-state index in [1.165, 1.54) is 23.2 Å². The van der Waals surface area contributed by atoms with Crippen molar-refractivity contribution in [1.29, 1.82) is 0 Å². The molecule has 3 rings (SSSR count). The number of hydrogen-bond acceptors (Lipinski definition) is 9. The third kappa shape index (κ3) is 11.0. The summed E-state index contributed by atoms with van der Waals surface area (Å²) in [7, 11) is 0. The number of phenols is 1. The zero-order chi connectivity index (χ0) is 34.7. The predicted octanol–water partition coefficient (Wildman–Crippen LogP) is 2.20. The first kappa shape index (κ1) is 37.5. The van der Waals surface area contributed by atoms with Gasteiger partial charge in [0.05, 0.1) is 18.6 Å². The van der Waals surface area contributed by atoms with Crippen LogP contribution in [0.15, 0.2) is 60.2 Å².